The first kappa shape index (κ1) is 15.4. The second kappa shape index (κ2) is 6.42. The summed E-state index contributed by atoms with van der Waals surface area (Å²) in [7, 11) is 0. The molecule has 0 aliphatic heterocycles. The zero-order valence-electron chi connectivity index (χ0n) is 13.4. The molecule has 9 nitrogen and oxygen atoms in total. The quantitative estimate of drug-likeness (QED) is 0.530. The molecule has 0 saturated heterocycles. The molecule has 3 aromatic rings. The monoisotopic (exact) mass is 340 g/mol. The van der Waals surface area contributed by atoms with Gasteiger partial charge in [-0.2, -0.15) is 9.67 Å². The van der Waals surface area contributed by atoms with Gasteiger partial charge in [-0.25, -0.2) is 4.98 Å². The number of hydrogen-bond donors (Lipinski definition) is 0. The maximum atomic E-state index is 11.7. The normalized spacial score (nSPS) is 15.4. The maximum Gasteiger partial charge on any atom is 0.375 e. The molecular weight excluding hydrogens is 324 g/mol. The first-order chi connectivity index (χ1) is 12.2. The fourth-order valence-electron chi connectivity index (χ4n) is 3.12. The van der Waals surface area contributed by atoms with Crippen molar-refractivity contribution in [2.75, 3.05) is 0 Å². The summed E-state index contributed by atoms with van der Waals surface area (Å²) in [6, 6.07) is 7.20. The lowest BCUT2D eigenvalue weighted by Gasteiger charge is -2.22. The van der Waals surface area contributed by atoms with Gasteiger partial charge >= 0.3 is 5.69 Å². The van der Waals surface area contributed by atoms with Gasteiger partial charge in [0.15, 0.2) is 0 Å². The van der Waals surface area contributed by atoms with Gasteiger partial charge in [0.25, 0.3) is 5.88 Å². The van der Waals surface area contributed by atoms with E-state index < -0.39 is 4.92 Å². The van der Waals surface area contributed by atoms with E-state index in [0.717, 1.165) is 25.7 Å². The van der Waals surface area contributed by atoms with Crippen LogP contribution in [0.5, 0.6) is 5.88 Å². The van der Waals surface area contributed by atoms with Gasteiger partial charge in [-0.3, -0.25) is 10.1 Å². The van der Waals surface area contributed by atoms with Crippen molar-refractivity contribution in [2.45, 2.75) is 38.2 Å². The summed E-state index contributed by atoms with van der Waals surface area (Å²) >= 11 is 0. The zero-order valence-corrected chi connectivity index (χ0v) is 13.4. The Kier molecular flexibility index (Phi) is 3.96. The molecule has 2 heterocycles. The standard InChI is InChI=1S/C16H16N6O3/c23-22(24)14-15(21-13-9-5-4-8-12(13)19-20-21)17-10-18-16(14)25-11-6-2-1-3-7-11/h4-5,8-11H,1-3,6-7H2. The highest BCUT2D eigenvalue weighted by atomic mass is 16.6. The van der Waals surface area contributed by atoms with E-state index in [0.29, 0.717) is 11.0 Å². The SMILES string of the molecule is O=[N+]([O-])c1c(OC2CCCCC2)ncnc1-n1nnc2ccccc21. The van der Waals surface area contributed by atoms with Gasteiger partial charge in [0, 0.05) is 0 Å². The van der Waals surface area contributed by atoms with Crippen LogP contribution in [0.25, 0.3) is 16.9 Å². The lowest BCUT2D eigenvalue weighted by molar-refractivity contribution is -0.386. The van der Waals surface area contributed by atoms with Crippen molar-refractivity contribution in [1.29, 1.82) is 0 Å². The van der Waals surface area contributed by atoms with E-state index in [-0.39, 0.29) is 23.5 Å². The topological polar surface area (TPSA) is 109 Å². The Bertz CT molecular complexity index is 919. The van der Waals surface area contributed by atoms with Gasteiger partial charge in [-0.05, 0) is 37.8 Å². The molecule has 1 saturated carbocycles. The molecule has 1 aliphatic carbocycles. The van der Waals surface area contributed by atoms with E-state index in [4.69, 9.17) is 4.74 Å². The third-order valence-electron chi connectivity index (χ3n) is 4.33. The molecule has 1 aliphatic rings. The van der Waals surface area contributed by atoms with Crippen LogP contribution in [0.3, 0.4) is 0 Å². The average Bonchev–Trinajstić information content (AvgIpc) is 3.06. The molecule has 0 atom stereocenters. The number of nitrogens with zero attached hydrogens (tertiary/aromatic N) is 6. The summed E-state index contributed by atoms with van der Waals surface area (Å²) in [5.41, 5.74) is 0.974. The number of aromatic nitrogens is 5. The van der Waals surface area contributed by atoms with Crippen molar-refractivity contribution in [3.05, 3.63) is 40.7 Å². The molecule has 4 rings (SSSR count). The largest absolute Gasteiger partial charge is 0.469 e. The van der Waals surface area contributed by atoms with Crippen LogP contribution in [-0.4, -0.2) is 36.0 Å². The van der Waals surface area contributed by atoms with Crippen LogP contribution < -0.4 is 4.74 Å². The van der Waals surface area contributed by atoms with Crippen LogP contribution in [0.4, 0.5) is 5.69 Å². The Morgan fingerprint density at radius 2 is 1.96 bits per heavy atom. The first-order valence-corrected chi connectivity index (χ1v) is 8.21. The van der Waals surface area contributed by atoms with Crippen LogP contribution in [-0.2, 0) is 0 Å². The first-order valence-electron chi connectivity index (χ1n) is 8.21. The fraction of sp³-hybridized carbons (Fsp3) is 0.375. The number of ether oxygens (including phenoxy) is 1. The Balaban J connectivity index is 1.80. The molecule has 0 unspecified atom stereocenters. The molecule has 2 aromatic heterocycles. The number of nitro groups is 1. The summed E-state index contributed by atoms with van der Waals surface area (Å²) in [6.45, 7) is 0. The van der Waals surface area contributed by atoms with Crippen molar-refractivity contribution >= 4 is 16.7 Å². The molecule has 0 spiro atoms. The minimum absolute atomic E-state index is 0.0125. The Morgan fingerprint density at radius 3 is 2.76 bits per heavy atom. The smallest absolute Gasteiger partial charge is 0.375 e. The van der Waals surface area contributed by atoms with Crippen molar-refractivity contribution < 1.29 is 9.66 Å². The maximum absolute atomic E-state index is 11.7. The summed E-state index contributed by atoms with van der Waals surface area (Å²) in [4.78, 5) is 19.3. The minimum Gasteiger partial charge on any atom is -0.469 e. The van der Waals surface area contributed by atoms with Crippen LogP contribution in [0.2, 0.25) is 0 Å². The van der Waals surface area contributed by atoms with Gasteiger partial charge in [0.1, 0.15) is 17.9 Å². The highest BCUT2D eigenvalue weighted by molar-refractivity contribution is 5.76. The minimum atomic E-state index is -0.524. The number of fused-ring (bicyclic) bond motifs is 1. The summed E-state index contributed by atoms with van der Waals surface area (Å²) < 4.78 is 7.19. The van der Waals surface area contributed by atoms with Gasteiger partial charge in [0.05, 0.1) is 10.4 Å². The molecule has 0 N–H and O–H groups in total. The molecule has 128 valence electrons. The second-order valence-electron chi connectivity index (χ2n) is 5.98. The highest BCUT2D eigenvalue weighted by Crippen LogP contribution is 2.33. The Hall–Kier alpha value is -3.10. The van der Waals surface area contributed by atoms with Gasteiger partial charge in [-0.15, -0.1) is 5.10 Å². The van der Waals surface area contributed by atoms with E-state index in [9.17, 15) is 10.1 Å². The summed E-state index contributed by atoms with van der Waals surface area (Å²) in [6.07, 6.45) is 6.25. The van der Waals surface area contributed by atoms with Crippen molar-refractivity contribution in [3.63, 3.8) is 0 Å². The van der Waals surface area contributed by atoms with Crippen molar-refractivity contribution in [2.24, 2.45) is 0 Å². The number of para-hydroxylation sites is 1. The van der Waals surface area contributed by atoms with Crippen LogP contribution >= 0.6 is 0 Å². The van der Waals surface area contributed by atoms with E-state index in [2.05, 4.69) is 20.3 Å². The predicted octanol–water partition coefficient (Wildman–Crippen LogP) is 2.83. The van der Waals surface area contributed by atoms with E-state index >= 15 is 0 Å². The lowest BCUT2D eigenvalue weighted by Crippen LogP contribution is -2.21. The molecular formula is C16H16N6O3. The Morgan fingerprint density at radius 1 is 1.16 bits per heavy atom. The third-order valence-corrected chi connectivity index (χ3v) is 4.33. The van der Waals surface area contributed by atoms with Gasteiger partial charge < -0.3 is 4.74 Å². The Labute approximate surface area is 142 Å². The molecule has 25 heavy (non-hydrogen) atoms. The molecule has 0 bridgehead atoms. The highest BCUT2D eigenvalue weighted by Gasteiger charge is 2.29. The number of hydrogen-bond acceptors (Lipinski definition) is 7. The molecule has 0 amide bonds. The predicted molar refractivity (Wildman–Crippen MR) is 88.6 cm³/mol. The second-order valence-corrected chi connectivity index (χ2v) is 5.98. The van der Waals surface area contributed by atoms with Crippen molar-refractivity contribution in [3.8, 4) is 11.7 Å². The van der Waals surface area contributed by atoms with E-state index in [1.807, 2.05) is 12.1 Å². The van der Waals surface area contributed by atoms with Gasteiger partial charge in [-0.1, -0.05) is 23.8 Å². The van der Waals surface area contributed by atoms with Crippen LogP contribution in [0, 0.1) is 10.1 Å². The lowest BCUT2D eigenvalue weighted by atomic mass is 9.98. The molecule has 9 heteroatoms. The number of rotatable bonds is 4. The molecule has 1 aromatic carbocycles. The number of benzene rings is 1. The van der Waals surface area contributed by atoms with Crippen molar-refractivity contribution in [1.82, 2.24) is 25.0 Å². The third kappa shape index (κ3) is 2.88. The van der Waals surface area contributed by atoms with Crippen LogP contribution in [0.15, 0.2) is 30.6 Å². The summed E-state index contributed by atoms with van der Waals surface area (Å²) in [5, 5.41) is 19.7. The fourth-order valence-corrected chi connectivity index (χ4v) is 3.12. The molecule has 0 radical (unpaired) electrons. The van der Waals surface area contributed by atoms with E-state index in [1.165, 1.54) is 17.4 Å². The zero-order chi connectivity index (χ0) is 17.2. The molecule has 1 fully saturated rings. The van der Waals surface area contributed by atoms with Gasteiger partial charge in [0.2, 0.25) is 5.82 Å². The average molecular weight is 340 g/mol. The van der Waals surface area contributed by atoms with E-state index in [1.54, 1.807) is 12.1 Å². The summed E-state index contributed by atoms with van der Waals surface area (Å²) in [5.74, 6) is 0.0426. The van der Waals surface area contributed by atoms with Crippen LogP contribution in [0.1, 0.15) is 32.1 Å².